The van der Waals surface area contributed by atoms with Gasteiger partial charge in [0.15, 0.2) is 0 Å². The molecule has 2 rings (SSSR count). The van der Waals surface area contributed by atoms with Gasteiger partial charge in [0.2, 0.25) is 0 Å². The summed E-state index contributed by atoms with van der Waals surface area (Å²) in [5.74, 6) is -0.0527. The highest BCUT2D eigenvalue weighted by Gasteiger charge is 2.21. The Bertz CT molecular complexity index is 447. The van der Waals surface area contributed by atoms with Crippen molar-refractivity contribution in [2.24, 2.45) is 5.92 Å². The first-order chi connectivity index (χ1) is 9.63. The van der Waals surface area contributed by atoms with E-state index < -0.39 is 5.97 Å². The van der Waals surface area contributed by atoms with Gasteiger partial charge in [0.05, 0.1) is 0 Å². The SMILES string of the molecule is C=C(Cc1cccs1)NC1[B]CC(CC(=O)O)CCC1. The van der Waals surface area contributed by atoms with Gasteiger partial charge >= 0.3 is 5.97 Å². The molecule has 3 nitrogen and oxygen atoms in total. The Kier molecular flexibility index (Phi) is 5.71. The van der Waals surface area contributed by atoms with Crippen LogP contribution in [0.1, 0.15) is 30.6 Å². The normalized spacial score (nSPS) is 22.6. The Morgan fingerprint density at radius 1 is 1.55 bits per heavy atom. The van der Waals surface area contributed by atoms with Gasteiger partial charge in [-0.05, 0) is 29.7 Å². The summed E-state index contributed by atoms with van der Waals surface area (Å²) in [6, 6.07) is 4.18. The standard InChI is InChI=1S/C15H21BNO2S/c1-11(8-13-5-3-7-20-13)17-14-6-2-4-12(10-16-14)9-15(18)19/h3,5,7,12,14,17H,1-2,4,6,8-10H2,(H,18,19). The highest BCUT2D eigenvalue weighted by Crippen LogP contribution is 2.23. The summed E-state index contributed by atoms with van der Waals surface area (Å²) in [5, 5.41) is 14.4. The van der Waals surface area contributed by atoms with Crippen molar-refractivity contribution < 1.29 is 9.90 Å². The van der Waals surface area contributed by atoms with Gasteiger partial charge < -0.3 is 10.4 Å². The highest BCUT2D eigenvalue weighted by molar-refractivity contribution is 7.09. The van der Waals surface area contributed by atoms with E-state index in [-0.39, 0.29) is 0 Å². The molecule has 1 aliphatic rings. The van der Waals surface area contributed by atoms with Gasteiger partial charge in [-0.1, -0.05) is 31.8 Å². The molecule has 2 atom stereocenters. The monoisotopic (exact) mass is 290 g/mol. The van der Waals surface area contributed by atoms with Crippen molar-refractivity contribution >= 4 is 24.6 Å². The van der Waals surface area contributed by atoms with E-state index in [9.17, 15) is 4.79 Å². The fourth-order valence-electron chi connectivity index (χ4n) is 2.72. The smallest absolute Gasteiger partial charge is 0.303 e. The van der Waals surface area contributed by atoms with Gasteiger partial charge in [-0.3, -0.25) is 4.79 Å². The molecule has 1 radical (unpaired) electrons. The van der Waals surface area contributed by atoms with Gasteiger partial charge in [-0.25, -0.2) is 0 Å². The van der Waals surface area contributed by atoms with Crippen LogP contribution < -0.4 is 5.32 Å². The number of nitrogens with one attached hydrogen (secondary N) is 1. The zero-order valence-corrected chi connectivity index (χ0v) is 12.5. The van der Waals surface area contributed by atoms with Crippen LogP contribution in [0.15, 0.2) is 29.8 Å². The molecule has 0 aliphatic carbocycles. The first-order valence-corrected chi connectivity index (χ1v) is 8.03. The Morgan fingerprint density at radius 3 is 3.10 bits per heavy atom. The molecule has 2 N–H and O–H groups in total. The fourth-order valence-corrected chi connectivity index (χ4v) is 3.47. The van der Waals surface area contributed by atoms with Gasteiger partial charge in [0.1, 0.15) is 7.28 Å². The topological polar surface area (TPSA) is 49.3 Å². The minimum Gasteiger partial charge on any atom is -0.481 e. The number of carbonyl (C=O) groups is 1. The summed E-state index contributed by atoms with van der Waals surface area (Å²) in [6.07, 6.45) is 5.21. The Morgan fingerprint density at radius 2 is 2.40 bits per heavy atom. The summed E-state index contributed by atoms with van der Waals surface area (Å²) < 4.78 is 0. The van der Waals surface area contributed by atoms with Crippen molar-refractivity contribution in [3.63, 3.8) is 0 Å². The maximum absolute atomic E-state index is 10.8. The summed E-state index contributed by atoms with van der Waals surface area (Å²) in [5.41, 5.74) is 1.05. The number of rotatable bonds is 6. The lowest BCUT2D eigenvalue weighted by Gasteiger charge is -2.19. The summed E-state index contributed by atoms with van der Waals surface area (Å²) in [7, 11) is 2.24. The van der Waals surface area contributed by atoms with E-state index in [1.807, 2.05) is 0 Å². The largest absolute Gasteiger partial charge is 0.481 e. The number of thiophene rings is 1. The molecule has 0 spiro atoms. The second-order valence-corrected chi connectivity index (χ2v) is 6.51. The molecule has 1 aromatic heterocycles. The number of carboxylic acids is 1. The van der Waals surface area contributed by atoms with Crippen molar-refractivity contribution in [2.75, 3.05) is 0 Å². The van der Waals surface area contributed by atoms with Crippen LogP contribution in [-0.4, -0.2) is 24.3 Å². The summed E-state index contributed by atoms with van der Waals surface area (Å²) in [4.78, 5) is 12.1. The van der Waals surface area contributed by atoms with E-state index in [0.717, 1.165) is 37.7 Å². The zero-order chi connectivity index (χ0) is 14.4. The van der Waals surface area contributed by atoms with Crippen molar-refractivity contribution in [3.8, 4) is 0 Å². The fraction of sp³-hybridized carbons (Fsp3) is 0.533. The molecule has 107 valence electrons. The average molecular weight is 290 g/mol. The molecule has 2 heterocycles. The van der Waals surface area contributed by atoms with Crippen LogP contribution in [0.25, 0.3) is 0 Å². The lowest BCUT2D eigenvalue weighted by atomic mass is 9.63. The molecule has 2 unspecified atom stereocenters. The maximum atomic E-state index is 10.8. The van der Waals surface area contributed by atoms with Crippen LogP contribution in [0.2, 0.25) is 6.32 Å². The van der Waals surface area contributed by atoms with Crippen LogP contribution >= 0.6 is 11.3 Å². The van der Waals surface area contributed by atoms with Crippen molar-refractivity contribution in [1.82, 2.24) is 5.32 Å². The molecule has 20 heavy (non-hydrogen) atoms. The highest BCUT2D eigenvalue weighted by atomic mass is 32.1. The zero-order valence-electron chi connectivity index (χ0n) is 11.7. The lowest BCUT2D eigenvalue weighted by molar-refractivity contribution is -0.138. The van der Waals surface area contributed by atoms with E-state index in [2.05, 4.69) is 36.7 Å². The molecule has 1 aromatic rings. The quantitative estimate of drug-likeness (QED) is 0.791. The minimum absolute atomic E-state index is 0.291. The molecule has 0 aromatic carbocycles. The van der Waals surface area contributed by atoms with Crippen LogP contribution in [0.3, 0.4) is 0 Å². The van der Waals surface area contributed by atoms with Crippen molar-refractivity contribution in [3.05, 3.63) is 34.7 Å². The maximum Gasteiger partial charge on any atom is 0.303 e. The number of aliphatic carboxylic acids is 1. The molecule has 1 fully saturated rings. The van der Waals surface area contributed by atoms with E-state index in [1.165, 1.54) is 4.88 Å². The third-order valence-corrected chi connectivity index (χ3v) is 4.58. The van der Waals surface area contributed by atoms with Crippen molar-refractivity contribution in [2.45, 2.75) is 44.4 Å². The molecule has 0 amide bonds. The molecular formula is C15H21BNO2S. The molecule has 5 heteroatoms. The predicted octanol–water partition coefficient (Wildman–Crippen LogP) is 3.12. The van der Waals surface area contributed by atoms with Crippen LogP contribution in [-0.2, 0) is 11.2 Å². The number of allylic oxidation sites excluding steroid dienone is 1. The lowest BCUT2D eigenvalue weighted by Crippen LogP contribution is -2.33. The third-order valence-electron chi connectivity index (χ3n) is 3.70. The number of hydrogen-bond donors (Lipinski definition) is 2. The van der Waals surface area contributed by atoms with Gasteiger partial charge in [0.25, 0.3) is 0 Å². The minimum atomic E-state index is -0.683. The van der Waals surface area contributed by atoms with Crippen LogP contribution in [0, 0.1) is 5.92 Å². The Balaban J connectivity index is 1.76. The first-order valence-electron chi connectivity index (χ1n) is 7.15. The number of carboxylic acid groups (broad SMARTS) is 1. The van der Waals surface area contributed by atoms with Crippen LogP contribution in [0.5, 0.6) is 0 Å². The Hall–Kier alpha value is -1.23. The second kappa shape index (κ2) is 7.53. The van der Waals surface area contributed by atoms with Crippen molar-refractivity contribution in [1.29, 1.82) is 0 Å². The number of hydrogen-bond acceptors (Lipinski definition) is 3. The predicted molar refractivity (Wildman–Crippen MR) is 84.2 cm³/mol. The van der Waals surface area contributed by atoms with Crippen LogP contribution in [0.4, 0.5) is 0 Å². The van der Waals surface area contributed by atoms with Gasteiger partial charge in [-0.15, -0.1) is 11.3 Å². The first kappa shape index (κ1) is 15.2. The third kappa shape index (κ3) is 5.04. The molecule has 0 bridgehead atoms. The molecular weight excluding hydrogens is 269 g/mol. The van der Waals surface area contributed by atoms with E-state index >= 15 is 0 Å². The molecule has 1 aliphatic heterocycles. The summed E-state index contributed by atoms with van der Waals surface area (Å²) in [6.45, 7) is 4.10. The van der Waals surface area contributed by atoms with E-state index in [0.29, 0.717) is 18.3 Å². The molecule has 1 saturated heterocycles. The van der Waals surface area contributed by atoms with Gasteiger partial charge in [-0.2, -0.15) is 0 Å². The van der Waals surface area contributed by atoms with Gasteiger partial charge in [0, 0.05) is 23.4 Å². The van der Waals surface area contributed by atoms with E-state index in [4.69, 9.17) is 5.11 Å². The average Bonchev–Trinajstić information content (AvgIpc) is 2.78. The van der Waals surface area contributed by atoms with E-state index in [1.54, 1.807) is 11.3 Å². The summed E-state index contributed by atoms with van der Waals surface area (Å²) >= 11 is 1.75. The molecule has 0 saturated carbocycles. The Labute approximate surface area is 125 Å². The second-order valence-electron chi connectivity index (χ2n) is 5.48.